The summed E-state index contributed by atoms with van der Waals surface area (Å²) in [6, 6.07) is 5.60. The number of hydrogen-bond donors (Lipinski definition) is 0. The van der Waals surface area contributed by atoms with Gasteiger partial charge in [0.1, 0.15) is 0 Å². The van der Waals surface area contributed by atoms with Gasteiger partial charge in [0.15, 0.2) is 18.1 Å². The fourth-order valence-electron chi connectivity index (χ4n) is 2.45. The van der Waals surface area contributed by atoms with Crippen molar-refractivity contribution in [3.8, 4) is 11.5 Å². The van der Waals surface area contributed by atoms with Crippen molar-refractivity contribution >= 4 is 23.4 Å². The second kappa shape index (κ2) is 7.59. The van der Waals surface area contributed by atoms with Gasteiger partial charge >= 0.3 is 0 Å². The molecule has 0 radical (unpaired) electrons. The topological polar surface area (TPSA) is 60.4 Å². The second-order valence-electron chi connectivity index (χ2n) is 5.36. The zero-order valence-electron chi connectivity index (χ0n) is 13.1. The number of benzene rings is 1. The molecule has 124 valence electrons. The van der Waals surface area contributed by atoms with E-state index in [0.29, 0.717) is 11.5 Å². The number of carbonyl (C=O) groups excluding carboxylic acids is 1. The van der Waals surface area contributed by atoms with Crippen LogP contribution in [0.3, 0.4) is 0 Å². The molecule has 0 bridgehead atoms. The van der Waals surface area contributed by atoms with E-state index in [1.807, 2.05) is 41.8 Å². The van der Waals surface area contributed by atoms with Gasteiger partial charge in [-0.1, -0.05) is 5.16 Å². The fraction of sp³-hybridized carbons (Fsp3) is 0.500. The van der Waals surface area contributed by atoms with Crippen LogP contribution in [0.2, 0.25) is 0 Å². The predicted molar refractivity (Wildman–Crippen MR) is 89.3 cm³/mol. The monoisotopic (exact) mass is 336 g/mol. The molecule has 3 rings (SSSR count). The summed E-state index contributed by atoms with van der Waals surface area (Å²) in [5.41, 5.74) is 1.58. The molecule has 0 unspecified atom stereocenters. The van der Waals surface area contributed by atoms with E-state index in [9.17, 15) is 4.79 Å². The van der Waals surface area contributed by atoms with E-state index in [-0.39, 0.29) is 19.3 Å². The van der Waals surface area contributed by atoms with Crippen molar-refractivity contribution in [1.82, 2.24) is 4.90 Å². The maximum absolute atomic E-state index is 12.1. The highest BCUT2D eigenvalue weighted by atomic mass is 32.2. The molecular formula is C16H20N2O4S. The third kappa shape index (κ3) is 4.10. The summed E-state index contributed by atoms with van der Waals surface area (Å²) in [6.07, 6.45) is 1.04. The molecule has 0 saturated carbocycles. The molecule has 0 spiro atoms. The Morgan fingerprint density at radius 2 is 2.17 bits per heavy atom. The maximum Gasteiger partial charge on any atom is 0.263 e. The number of carbonyl (C=O) groups is 1. The molecule has 1 aromatic carbocycles. The molecule has 23 heavy (non-hydrogen) atoms. The molecule has 1 fully saturated rings. The van der Waals surface area contributed by atoms with Crippen molar-refractivity contribution in [2.45, 2.75) is 13.3 Å². The van der Waals surface area contributed by atoms with Crippen molar-refractivity contribution < 1.29 is 19.1 Å². The van der Waals surface area contributed by atoms with Crippen molar-refractivity contribution in [3.63, 3.8) is 0 Å². The Bertz CT molecular complexity index is 598. The first-order valence-corrected chi connectivity index (χ1v) is 8.81. The summed E-state index contributed by atoms with van der Waals surface area (Å²) >= 11 is 1.89. The number of oxime groups is 1. The standard InChI is InChI=1S/C16H20N2O4S/c1-12(13-3-4-14-15(9-13)21-11-20-14)17-22-10-16(19)18-5-2-7-23-8-6-18/h3-4,9H,2,5-8,10-11H2,1H3/b17-12+. The van der Waals surface area contributed by atoms with Crippen molar-refractivity contribution in [3.05, 3.63) is 23.8 Å². The lowest BCUT2D eigenvalue weighted by molar-refractivity contribution is -0.135. The minimum atomic E-state index is -0.0213. The van der Waals surface area contributed by atoms with E-state index < -0.39 is 0 Å². The minimum absolute atomic E-state index is 0.00487. The molecule has 1 saturated heterocycles. The first-order valence-electron chi connectivity index (χ1n) is 7.66. The zero-order valence-corrected chi connectivity index (χ0v) is 13.9. The normalized spacial score (nSPS) is 17.8. The number of fused-ring (bicyclic) bond motifs is 1. The van der Waals surface area contributed by atoms with Gasteiger partial charge in [0, 0.05) is 24.4 Å². The van der Waals surface area contributed by atoms with E-state index in [0.717, 1.165) is 42.3 Å². The summed E-state index contributed by atoms with van der Waals surface area (Å²) in [5.74, 6) is 3.54. The number of hydrogen-bond acceptors (Lipinski definition) is 6. The Kier molecular flexibility index (Phi) is 5.27. The molecule has 0 N–H and O–H groups in total. The van der Waals surface area contributed by atoms with E-state index in [2.05, 4.69) is 5.16 Å². The molecular weight excluding hydrogens is 316 g/mol. The summed E-state index contributed by atoms with van der Waals surface area (Å²) in [5, 5.41) is 4.05. The predicted octanol–water partition coefficient (Wildman–Crippen LogP) is 2.12. The van der Waals surface area contributed by atoms with Gasteiger partial charge < -0.3 is 19.2 Å². The van der Waals surface area contributed by atoms with Crippen LogP contribution in [0, 0.1) is 0 Å². The molecule has 2 aliphatic rings. The van der Waals surface area contributed by atoms with Crippen molar-refractivity contribution in [2.75, 3.05) is 38.0 Å². The lowest BCUT2D eigenvalue weighted by Gasteiger charge is -2.18. The van der Waals surface area contributed by atoms with Crippen molar-refractivity contribution in [1.29, 1.82) is 0 Å². The van der Waals surface area contributed by atoms with Gasteiger partial charge in [-0.25, -0.2) is 0 Å². The highest BCUT2D eigenvalue weighted by Crippen LogP contribution is 2.32. The molecule has 7 heteroatoms. The van der Waals surface area contributed by atoms with Crippen LogP contribution < -0.4 is 9.47 Å². The number of nitrogens with zero attached hydrogens (tertiary/aromatic N) is 2. The van der Waals surface area contributed by atoms with E-state index in [1.54, 1.807) is 0 Å². The Morgan fingerprint density at radius 1 is 1.30 bits per heavy atom. The van der Waals surface area contributed by atoms with Crippen LogP contribution in [0.1, 0.15) is 18.9 Å². The van der Waals surface area contributed by atoms with Crippen LogP contribution in [-0.4, -0.2) is 54.5 Å². The molecule has 2 aliphatic heterocycles. The molecule has 0 aromatic heterocycles. The third-order valence-corrected chi connectivity index (χ3v) is 4.80. The number of thioether (sulfide) groups is 1. The molecule has 2 heterocycles. The van der Waals surface area contributed by atoms with Crippen LogP contribution in [0.5, 0.6) is 11.5 Å². The Balaban J connectivity index is 1.53. The second-order valence-corrected chi connectivity index (χ2v) is 6.59. The third-order valence-electron chi connectivity index (χ3n) is 3.75. The Morgan fingerprint density at radius 3 is 3.09 bits per heavy atom. The van der Waals surface area contributed by atoms with Gasteiger partial charge in [-0.15, -0.1) is 0 Å². The first-order chi connectivity index (χ1) is 11.2. The first kappa shape index (κ1) is 16.0. The zero-order chi connectivity index (χ0) is 16.1. The summed E-state index contributed by atoms with van der Waals surface area (Å²) in [6.45, 7) is 3.66. The van der Waals surface area contributed by atoms with E-state index in [4.69, 9.17) is 14.3 Å². The largest absolute Gasteiger partial charge is 0.454 e. The SMILES string of the molecule is C/C(=N\OCC(=O)N1CCCSCC1)c1ccc2c(c1)OCO2. The summed E-state index contributed by atoms with van der Waals surface area (Å²) in [4.78, 5) is 19.2. The Hall–Kier alpha value is -1.89. The Labute approximate surface area is 139 Å². The van der Waals surface area contributed by atoms with Crippen LogP contribution in [0.25, 0.3) is 0 Å². The lowest BCUT2D eigenvalue weighted by atomic mass is 10.1. The highest BCUT2D eigenvalue weighted by Gasteiger charge is 2.16. The fourth-order valence-corrected chi connectivity index (χ4v) is 3.33. The molecule has 0 atom stereocenters. The quantitative estimate of drug-likeness (QED) is 0.623. The number of ether oxygens (including phenoxy) is 2. The maximum atomic E-state index is 12.1. The highest BCUT2D eigenvalue weighted by molar-refractivity contribution is 7.99. The van der Waals surface area contributed by atoms with Crippen LogP contribution in [-0.2, 0) is 9.63 Å². The van der Waals surface area contributed by atoms with Gasteiger partial charge in [0.2, 0.25) is 6.79 Å². The number of rotatable bonds is 4. The molecule has 1 amide bonds. The van der Waals surface area contributed by atoms with Gasteiger partial charge in [-0.2, -0.15) is 11.8 Å². The molecule has 1 aromatic rings. The van der Waals surface area contributed by atoms with Gasteiger partial charge in [0.05, 0.1) is 5.71 Å². The van der Waals surface area contributed by atoms with Gasteiger partial charge in [-0.3, -0.25) is 4.79 Å². The average molecular weight is 336 g/mol. The molecule has 6 nitrogen and oxygen atoms in total. The van der Waals surface area contributed by atoms with Crippen LogP contribution in [0.4, 0.5) is 0 Å². The smallest absolute Gasteiger partial charge is 0.263 e. The lowest BCUT2D eigenvalue weighted by Crippen LogP contribution is -2.35. The molecule has 0 aliphatic carbocycles. The van der Waals surface area contributed by atoms with Crippen LogP contribution >= 0.6 is 11.8 Å². The van der Waals surface area contributed by atoms with E-state index >= 15 is 0 Å². The van der Waals surface area contributed by atoms with Crippen LogP contribution in [0.15, 0.2) is 23.4 Å². The van der Waals surface area contributed by atoms with Gasteiger partial charge in [-0.05, 0) is 37.3 Å². The minimum Gasteiger partial charge on any atom is -0.454 e. The summed E-state index contributed by atoms with van der Waals surface area (Å²) in [7, 11) is 0. The number of amides is 1. The van der Waals surface area contributed by atoms with E-state index in [1.165, 1.54) is 0 Å². The average Bonchev–Trinajstić information content (AvgIpc) is 2.86. The van der Waals surface area contributed by atoms with Gasteiger partial charge in [0.25, 0.3) is 5.91 Å². The summed E-state index contributed by atoms with van der Waals surface area (Å²) < 4.78 is 10.6. The van der Waals surface area contributed by atoms with Crippen molar-refractivity contribution in [2.24, 2.45) is 5.16 Å².